The van der Waals surface area contributed by atoms with Crippen LogP contribution >= 0.6 is 12.6 Å². The molecule has 0 aromatic heterocycles. The monoisotopic (exact) mass is 286 g/mol. The standard InChI is InChI=1S/C13H9F3O2S/c14-13(15,16)18-11-3-1-9(2-4-11)17-10-5-7-12(19)8-6-10/h1-8,19H. The summed E-state index contributed by atoms with van der Waals surface area (Å²) in [6.45, 7) is 0. The average Bonchev–Trinajstić information content (AvgIpc) is 2.33. The Balaban J connectivity index is 2.04. The molecule has 0 atom stereocenters. The van der Waals surface area contributed by atoms with Crippen molar-refractivity contribution in [2.75, 3.05) is 0 Å². The lowest BCUT2D eigenvalue weighted by molar-refractivity contribution is -0.274. The van der Waals surface area contributed by atoms with E-state index in [4.69, 9.17) is 4.74 Å². The van der Waals surface area contributed by atoms with Crippen molar-refractivity contribution >= 4 is 12.6 Å². The molecular formula is C13H9F3O2S. The fraction of sp³-hybridized carbons (Fsp3) is 0.0769. The molecule has 6 heteroatoms. The van der Waals surface area contributed by atoms with Gasteiger partial charge in [0.05, 0.1) is 0 Å². The van der Waals surface area contributed by atoms with Crippen molar-refractivity contribution < 1.29 is 22.6 Å². The van der Waals surface area contributed by atoms with Gasteiger partial charge in [0.1, 0.15) is 17.2 Å². The predicted octanol–water partition coefficient (Wildman–Crippen LogP) is 4.67. The highest BCUT2D eigenvalue weighted by Crippen LogP contribution is 2.27. The van der Waals surface area contributed by atoms with Crippen molar-refractivity contribution in [1.82, 2.24) is 0 Å². The average molecular weight is 286 g/mol. The van der Waals surface area contributed by atoms with Gasteiger partial charge in [-0.1, -0.05) is 0 Å². The molecule has 0 heterocycles. The summed E-state index contributed by atoms with van der Waals surface area (Å²) in [5.41, 5.74) is 0. The minimum absolute atomic E-state index is 0.287. The van der Waals surface area contributed by atoms with E-state index >= 15 is 0 Å². The van der Waals surface area contributed by atoms with Gasteiger partial charge in [0.2, 0.25) is 0 Å². The molecule has 2 aromatic carbocycles. The molecule has 0 aliphatic rings. The van der Waals surface area contributed by atoms with Crippen LogP contribution in [0.3, 0.4) is 0 Å². The van der Waals surface area contributed by atoms with Crippen LogP contribution < -0.4 is 9.47 Å². The van der Waals surface area contributed by atoms with Crippen molar-refractivity contribution in [3.8, 4) is 17.2 Å². The highest BCUT2D eigenvalue weighted by molar-refractivity contribution is 7.80. The van der Waals surface area contributed by atoms with Gasteiger partial charge < -0.3 is 9.47 Å². The van der Waals surface area contributed by atoms with Gasteiger partial charge in [-0.15, -0.1) is 25.8 Å². The molecule has 19 heavy (non-hydrogen) atoms. The van der Waals surface area contributed by atoms with Gasteiger partial charge in [0.25, 0.3) is 0 Å². The number of ether oxygens (including phenoxy) is 2. The largest absolute Gasteiger partial charge is 0.573 e. The second kappa shape index (κ2) is 5.44. The van der Waals surface area contributed by atoms with Crippen LogP contribution in [0.2, 0.25) is 0 Å². The minimum Gasteiger partial charge on any atom is -0.457 e. The van der Waals surface area contributed by atoms with E-state index < -0.39 is 6.36 Å². The maximum atomic E-state index is 12.0. The molecule has 0 aliphatic carbocycles. The lowest BCUT2D eigenvalue weighted by atomic mass is 10.3. The molecule has 0 bridgehead atoms. The number of rotatable bonds is 3. The Morgan fingerprint density at radius 1 is 0.737 bits per heavy atom. The Hall–Kier alpha value is -1.82. The molecule has 0 amide bonds. The maximum Gasteiger partial charge on any atom is 0.573 e. The van der Waals surface area contributed by atoms with Crippen LogP contribution in [0, 0.1) is 0 Å². The number of halogens is 3. The van der Waals surface area contributed by atoms with Crippen LogP contribution in [0.1, 0.15) is 0 Å². The fourth-order valence-electron chi connectivity index (χ4n) is 1.36. The van der Waals surface area contributed by atoms with E-state index in [1.165, 1.54) is 24.3 Å². The highest BCUT2D eigenvalue weighted by Gasteiger charge is 2.30. The second-order valence-electron chi connectivity index (χ2n) is 3.62. The van der Waals surface area contributed by atoms with E-state index in [2.05, 4.69) is 17.4 Å². The first-order valence-electron chi connectivity index (χ1n) is 5.25. The number of alkyl halides is 3. The Morgan fingerprint density at radius 2 is 1.16 bits per heavy atom. The molecule has 0 aliphatic heterocycles. The van der Waals surface area contributed by atoms with Crippen molar-refractivity contribution in [1.29, 1.82) is 0 Å². The first-order valence-corrected chi connectivity index (χ1v) is 5.70. The molecule has 0 fully saturated rings. The molecule has 2 nitrogen and oxygen atoms in total. The number of hydrogen-bond donors (Lipinski definition) is 1. The molecular weight excluding hydrogens is 277 g/mol. The van der Waals surface area contributed by atoms with Crippen LogP contribution in [0.25, 0.3) is 0 Å². The van der Waals surface area contributed by atoms with E-state index in [1.807, 2.05) is 0 Å². The van der Waals surface area contributed by atoms with Gasteiger partial charge in [0, 0.05) is 4.90 Å². The topological polar surface area (TPSA) is 18.5 Å². The van der Waals surface area contributed by atoms with Crippen molar-refractivity contribution in [3.05, 3.63) is 48.5 Å². The molecule has 0 N–H and O–H groups in total. The van der Waals surface area contributed by atoms with Gasteiger partial charge in [-0.05, 0) is 48.5 Å². The predicted molar refractivity (Wildman–Crippen MR) is 66.9 cm³/mol. The SMILES string of the molecule is FC(F)(F)Oc1ccc(Oc2ccc(S)cc2)cc1. The summed E-state index contributed by atoms with van der Waals surface area (Å²) < 4.78 is 45.1. The molecule has 2 rings (SSSR count). The van der Waals surface area contributed by atoms with Crippen LogP contribution in [0.4, 0.5) is 13.2 Å². The summed E-state index contributed by atoms with van der Waals surface area (Å²) in [6.07, 6.45) is -4.69. The maximum absolute atomic E-state index is 12.0. The van der Waals surface area contributed by atoms with E-state index in [0.29, 0.717) is 11.5 Å². The van der Waals surface area contributed by atoms with Gasteiger partial charge in [0.15, 0.2) is 0 Å². The lowest BCUT2D eigenvalue weighted by Crippen LogP contribution is -2.16. The summed E-state index contributed by atoms with van der Waals surface area (Å²) in [4.78, 5) is 0.793. The zero-order chi connectivity index (χ0) is 13.9. The molecule has 2 aromatic rings. The summed E-state index contributed by atoms with van der Waals surface area (Å²) in [5, 5.41) is 0. The Morgan fingerprint density at radius 3 is 1.63 bits per heavy atom. The molecule has 0 saturated heterocycles. The number of hydrogen-bond acceptors (Lipinski definition) is 3. The minimum atomic E-state index is -4.69. The van der Waals surface area contributed by atoms with Crippen LogP contribution in [0.5, 0.6) is 17.2 Å². The summed E-state index contributed by atoms with van der Waals surface area (Å²) in [7, 11) is 0. The van der Waals surface area contributed by atoms with Gasteiger partial charge in [-0.25, -0.2) is 0 Å². The third-order valence-electron chi connectivity index (χ3n) is 2.13. The number of thiol groups is 1. The lowest BCUT2D eigenvalue weighted by Gasteiger charge is -2.10. The van der Waals surface area contributed by atoms with Gasteiger partial charge in [-0.2, -0.15) is 0 Å². The van der Waals surface area contributed by atoms with Crippen LogP contribution in [0.15, 0.2) is 53.4 Å². The first kappa shape index (κ1) is 13.6. The Bertz CT molecular complexity index is 535. The van der Waals surface area contributed by atoms with E-state index in [-0.39, 0.29) is 5.75 Å². The van der Waals surface area contributed by atoms with E-state index in [0.717, 1.165) is 4.90 Å². The van der Waals surface area contributed by atoms with Crippen LogP contribution in [-0.2, 0) is 0 Å². The third kappa shape index (κ3) is 4.40. The smallest absolute Gasteiger partial charge is 0.457 e. The zero-order valence-corrected chi connectivity index (χ0v) is 10.4. The Kier molecular flexibility index (Phi) is 3.90. The van der Waals surface area contributed by atoms with Crippen molar-refractivity contribution in [3.63, 3.8) is 0 Å². The summed E-state index contributed by atoms with van der Waals surface area (Å²) in [5.74, 6) is 0.703. The Labute approximate surface area is 113 Å². The highest BCUT2D eigenvalue weighted by atomic mass is 32.1. The first-order chi connectivity index (χ1) is 8.92. The third-order valence-corrected chi connectivity index (χ3v) is 2.43. The molecule has 0 spiro atoms. The number of benzene rings is 2. The second-order valence-corrected chi connectivity index (χ2v) is 4.13. The zero-order valence-electron chi connectivity index (χ0n) is 9.52. The molecule has 0 saturated carbocycles. The van der Waals surface area contributed by atoms with Crippen molar-refractivity contribution in [2.24, 2.45) is 0 Å². The molecule has 0 radical (unpaired) electrons. The summed E-state index contributed by atoms with van der Waals surface area (Å²) >= 11 is 4.13. The normalized spacial score (nSPS) is 11.2. The fourth-order valence-corrected chi connectivity index (χ4v) is 1.51. The van der Waals surface area contributed by atoms with E-state index in [9.17, 15) is 13.2 Å². The van der Waals surface area contributed by atoms with Gasteiger partial charge in [-0.3, -0.25) is 0 Å². The van der Waals surface area contributed by atoms with E-state index in [1.54, 1.807) is 24.3 Å². The summed E-state index contributed by atoms with van der Waals surface area (Å²) in [6, 6.07) is 12.1. The van der Waals surface area contributed by atoms with Crippen LogP contribution in [-0.4, -0.2) is 6.36 Å². The molecule has 100 valence electrons. The quantitative estimate of drug-likeness (QED) is 0.827. The van der Waals surface area contributed by atoms with Crippen molar-refractivity contribution in [2.45, 2.75) is 11.3 Å². The molecule has 0 unspecified atom stereocenters. The van der Waals surface area contributed by atoms with Gasteiger partial charge >= 0.3 is 6.36 Å².